The van der Waals surface area contributed by atoms with Gasteiger partial charge >= 0.3 is 11.1 Å². The first kappa shape index (κ1) is 11.4. The maximum atomic E-state index is 10.5. The first-order valence-electron chi connectivity index (χ1n) is 3.20. The summed E-state index contributed by atoms with van der Waals surface area (Å²) in [6.45, 7) is 0.218. The Kier molecular flexibility index (Phi) is 5.66. The number of rotatable bonds is 5. The molecular formula is C6H7Cl2NO3. The van der Waals surface area contributed by atoms with Gasteiger partial charge in [-0.15, -0.1) is 0 Å². The number of halogens is 2. The Hall–Kier alpha value is -0.610. The molecule has 12 heavy (non-hydrogen) atoms. The van der Waals surface area contributed by atoms with Crippen LogP contribution < -0.4 is 5.32 Å². The van der Waals surface area contributed by atoms with Crippen LogP contribution in [-0.2, 0) is 14.4 Å². The third-order valence-corrected chi connectivity index (χ3v) is 1.37. The van der Waals surface area contributed by atoms with Gasteiger partial charge in [0.2, 0.25) is 5.24 Å². The zero-order chi connectivity index (χ0) is 9.56. The predicted octanol–water partition coefficient (Wildman–Crippen LogP) is 0.414. The van der Waals surface area contributed by atoms with E-state index in [2.05, 4.69) is 5.32 Å². The molecule has 0 rings (SSSR count). The van der Waals surface area contributed by atoms with Crippen molar-refractivity contribution in [2.24, 2.45) is 0 Å². The van der Waals surface area contributed by atoms with E-state index in [0.717, 1.165) is 0 Å². The number of amides is 1. The van der Waals surface area contributed by atoms with Gasteiger partial charge in [0.25, 0.3) is 0 Å². The summed E-state index contributed by atoms with van der Waals surface area (Å²) >= 11 is 9.84. The second kappa shape index (κ2) is 5.97. The summed E-state index contributed by atoms with van der Waals surface area (Å²) in [4.78, 5) is 30.8. The fourth-order valence-electron chi connectivity index (χ4n) is 0.499. The number of hydrogen-bond donors (Lipinski definition) is 1. The zero-order valence-corrected chi connectivity index (χ0v) is 7.61. The van der Waals surface area contributed by atoms with Crippen molar-refractivity contribution in [1.29, 1.82) is 0 Å². The Morgan fingerprint density at radius 3 is 2.17 bits per heavy atom. The van der Waals surface area contributed by atoms with Crippen LogP contribution >= 0.6 is 23.2 Å². The first-order valence-corrected chi connectivity index (χ1v) is 3.95. The van der Waals surface area contributed by atoms with Gasteiger partial charge in [0, 0.05) is 13.0 Å². The molecule has 0 aliphatic rings. The second-order valence-corrected chi connectivity index (χ2v) is 2.75. The summed E-state index contributed by atoms with van der Waals surface area (Å²) in [5.74, 6) is -0.862. The second-order valence-electron chi connectivity index (χ2n) is 1.99. The van der Waals surface area contributed by atoms with Crippen molar-refractivity contribution in [3.63, 3.8) is 0 Å². The molecule has 0 aliphatic carbocycles. The van der Waals surface area contributed by atoms with Crippen molar-refractivity contribution in [1.82, 2.24) is 5.32 Å². The average molecular weight is 212 g/mol. The number of carbonyl (C=O) groups is 3. The predicted molar refractivity (Wildman–Crippen MR) is 44.0 cm³/mol. The molecule has 0 aromatic rings. The van der Waals surface area contributed by atoms with Gasteiger partial charge in [-0.05, 0) is 29.6 Å². The molecule has 68 valence electrons. The van der Waals surface area contributed by atoms with Crippen LogP contribution in [0.3, 0.4) is 0 Å². The highest BCUT2D eigenvalue weighted by atomic mass is 35.5. The Morgan fingerprint density at radius 2 is 1.75 bits per heavy atom. The molecule has 6 heteroatoms. The SMILES string of the molecule is O=C(Cl)CCCNC(=O)C(=O)Cl. The smallest absolute Gasteiger partial charge is 0.309 e. The number of nitrogens with one attached hydrogen (secondary N) is 1. The molecule has 0 saturated heterocycles. The maximum Gasteiger partial charge on any atom is 0.309 e. The topological polar surface area (TPSA) is 63.2 Å². The fraction of sp³-hybridized carbons (Fsp3) is 0.500. The van der Waals surface area contributed by atoms with Gasteiger partial charge in [-0.2, -0.15) is 0 Å². The van der Waals surface area contributed by atoms with Crippen LogP contribution in [0.4, 0.5) is 0 Å². The molecule has 0 saturated carbocycles. The zero-order valence-electron chi connectivity index (χ0n) is 6.10. The Labute approximate surface area is 79.2 Å². The highest BCUT2D eigenvalue weighted by molar-refractivity contribution is 6.80. The molecule has 0 fully saturated rings. The third kappa shape index (κ3) is 6.12. The van der Waals surface area contributed by atoms with Crippen molar-refractivity contribution < 1.29 is 14.4 Å². The largest absolute Gasteiger partial charge is 0.348 e. The van der Waals surface area contributed by atoms with Crippen molar-refractivity contribution in [2.45, 2.75) is 12.8 Å². The maximum absolute atomic E-state index is 10.5. The quantitative estimate of drug-likeness (QED) is 0.408. The minimum absolute atomic E-state index is 0.165. The fourth-order valence-corrected chi connectivity index (χ4v) is 0.699. The molecule has 1 amide bonds. The molecule has 0 spiro atoms. The van der Waals surface area contributed by atoms with Crippen molar-refractivity contribution in [3.8, 4) is 0 Å². The molecular weight excluding hydrogens is 205 g/mol. The molecule has 0 radical (unpaired) electrons. The summed E-state index contributed by atoms with van der Waals surface area (Å²) in [5, 5.41) is 0.673. The van der Waals surface area contributed by atoms with Gasteiger partial charge in [-0.3, -0.25) is 14.4 Å². The molecule has 0 unspecified atom stereocenters. The van der Waals surface area contributed by atoms with Crippen LogP contribution in [0, 0.1) is 0 Å². The minimum Gasteiger partial charge on any atom is -0.348 e. The highest BCUT2D eigenvalue weighted by Crippen LogP contribution is 1.92. The molecule has 0 aromatic heterocycles. The normalized spacial score (nSPS) is 9.17. The van der Waals surface area contributed by atoms with Gasteiger partial charge in [-0.25, -0.2) is 0 Å². The van der Waals surface area contributed by atoms with Crippen LogP contribution in [0.15, 0.2) is 0 Å². The lowest BCUT2D eigenvalue weighted by atomic mass is 10.3. The summed E-state index contributed by atoms with van der Waals surface area (Å²) in [5.41, 5.74) is 0. The standard InChI is InChI=1S/C6H7Cl2NO3/c7-4(10)2-1-3-9-6(12)5(8)11/h1-3H2,(H,9,12). The third-order valence-electron chi connectivity index (χ3n) is 1.01. The molecule has 0 bridgehead atoms. The molecule has 0 aromatic carbocycles. The average Bonchev–Trinajstić information content (AvgIpc) is 1.97. The van der Waals surface area contributed by atoms with Gasteiger partial charge in [0.05, 0.1) is 0 Å². The van der Waals surface area contributed by atoms with E-state index in [0.29, 0.717) is 6.42 Å². The van der Waals surface area contributed by atoms with E-state index in [1.54, 1.807) is 0 Å². The van der Waals surface area contributed by atoms with Crippen molar-refractivity contribution >= 4 is 39.6 Å². The van der Waals surface area contributed by atoms with Crippen LogP contribution in [0.1, 0.15) is 12.8 Å². The van der Waals surface area contributed by atoms with Crippen LogP contribution in [0.5, 0.6) is 0 Å². The number of hydrogen-bond acceptors (Lipinski definition) is 3. The minimum atomic E-state index is -1.06. The van der Waals surface area contributed by atoms with Gasteiger partial charge in [-0.1, -0.05) is 0 Å². The molecule has 0 aliphatic heterocycles. The summed E-state index contributed by atoms with van der Waals surface area (Å²) in [7, 11) is 0. The van der Waals surface area contributed by atoms with Gasteiger partial charge < -0.3 is 5.32 Å². The summed E-state index contributed by atoms with van der Waals surface area (Å²) in [6, 6.07) is 0. The van der Waals surface area contributed by atoms with Crippen LogP contribution in [-0.4, -0.2) is 22.9 Å². The summed E-state index contributed by atoms with van der Waals surface area (Å²) < 4.78 is 0. The number of carbonyl (C=O) groups excluding carboxylic acids is 3. The van der Waals surface area contributed by atoms with E-state index in [-0.39, 0.29) is 13.0 Å². The van der Waals surface area contributed by atoms with E-state index in [4.69, 9.17) is 23.2 Å². The summed E-state index contributed by atoms with van der Waals surface area (Å²) in [6.07, 6.45) is 0.566. The first-order chi connectivity index (χ1) is 5.54. The Bertz CT molecular complexity index is 205. The Balaban J connectivity index is 3.38. The lowest BCUT2D eigenvalue weighted by Crippen LogP contribution is -2.28. The highest BCUT2D eigenvalue weighted by Gasteiger charge is 2.08. The lowest BCUT2D eigenvalue weighted by Gasteiger charge is -1.98. The molecule has 0 heterocycles. The van der Waals surface area contributed by atoms with E-state index in [1.807, 2.05) is 0 Å². The van der Waals surface area contributed by atoms with Gasteiger partial charge in [0.15, 0.2) is 0 Å². The van der Waals surface area contributed by atoms with Gasteiger partial charge in [0.1, 0.15) is 0 Å². The van der Waals surface area contributed by atoms with E-state index < -0.39 is 16.4 Å². The molecule has 0 atom stereocenters. The van der Waals surface area contributed by atoms with Crippen LogP contribution in [0.2, 0.25) is 0 Å². The molecule has 4 nitrogen and oxygen atoms in total. The van der Waals surface area contributed by atoms with E-state index >= 15 is 0 Å². The Morgan fingerprint density at radius 1 is 1.17 bits per heavy atom. The van der Waals surface area contributed by atoms with E-state index in [1.165, 1.54) is 0 Å². The molecule has 1 N–H and O–H groups in total. The monoisotopic (exact) mass is 211 g/mol. The lowest BCUT2D eigenvalue weighted by molar-refractivity contribution is -0.133. The van der Waals surface area contributed by atoms with Crippen molar-refractivity contribution in [3.05, 3.63) is 0 Å². The van der Waals surface area contributed by atoms with Crippen LogP contribution in [0.25, 0.3) is 0 Å². The van der Waals surface area contributed by atoms with E-state index in [9.17, 15) is 14.4 Å². The van der Waals surface area contributed by atoms with Crippen molar-refractivity contribution in [2.75, 3.05) is 6.54 Å².